The molecule has 0 bridgehead atoms. The number of amides is 1. The smallest absolute Gasteiger partial charge is 0.265 e. The zero-order valence-corrected chi connectivity index (χ0v) is 17.1. The van der Waals surface area contributed by atoms with Crippen LogP contribution in [0.4, 0.5) is 11.4 Å². The Labute approximate surface area is 170 Å². The standard InChI is InChI=1S/C20H23ClN2O4S/c1-27-18-11-10-17(22-20(24)12-14-4-2-3-5-14)13-19(18)28(25,26)23-16-8-6-15(21)7-9-16/h6-11,13-14,23H,2-5,12H2,1H3,(H,22,24). The highest BCUT2D eigenvalue weighted by atomic mass is 35.5. The quantitative estimate of drug-likeness (QED) is 0.679. The summed E-state index contributed by atoms with van der Waals surface area (Å²) in [5, 5.41) is 3.31. The number of ether oxygens (including phenoxy) is 1. The maximum Gasteiger partial charge on any atom is 0.265 e. The summed E-state index contributed by atoms with van der Waals surface area (Å²) in [6.45, 7) is 0. The fourth-order valence-corrected chi connectivity index (χ4v) is 4.76. The first-order chi connectivity index (χ1) is 13.4. The highest BCUT2D eigenvalue weighted by molar-refractivity contribution is 7.92. The first-order valence-corrected chi connectivity index (χ1v) is 11.0. The Bertz CT molecular complexity index is 939. The molecular formula is C20H23ClN2O4S. The third kappa shape index (κ3) is 5.17. The van der Waals surface area contributed by atoms with E-state index in [1.807, 2.05) is 0 Å². The van der Waals surface area contributed by atoms with Gasteiger partial charge in [-0.2, -0.15) is 0 Å². The van der Waals surface area contributed by atoms with Crippen LogP contribution in [0.1, 0.15) is 32.1 Å². The number of nitrogens with one attached hydrogen (secondary N) is 2. The van der Waals surface area contributed by atoms with Gasteiger partial charge in [-0.1, -0.05) is 24.4 Å². The van der Waals surface area contributed by atoms with Crippen molar-refractivity contribution in [1.29, 1.82) is 0 Å². The number of sulfonamides is 1. The largest absolute Gasteiger partial charge is 0.495 e. The van der Waals surface area contributed by atoms with Gasteiger partial charge in [-0.05, 0) is 61.2 Å². The maximum absolute atomic E-state index is 12.8. The van der Waals surface area contributed by atoms with Crippen molar-refractivity contribution in [2.45, 2.75) is 37.0 Å². The van der Waals surface area contributed by atoms with E-state index < -0.39 is 10.0 Å². The van der Waals surface area contributed by atoms with E-state index >= 15 is 0 Å². The molecule has 2 aromatic carbocycles. The van der Waals surface area contributed by atoms with E-state index in [0.717, 1.165) is 12.8 Å². The minimum absolute atomic E-state index is 0.0522. The topological polar surface area (TPSA) is 84.5 Å². The summed E-state index contributed by atoms with van der Waals surface area (Å²) in [6.07, 6.45) is 4.93. The highest BCUT2D eigenvalue weighted by Gasteiger charge is 2.22. The van der Waals surface area contributed by atoms with Crippen LogP contribution in [0.3, 0.4) is 0 Å². The summed E-state index contributed by atoms with van der Waals surface area (Å²) in [4.78, 5) is 12.2. The molecule has 0 saturated heterocycles. The van der Waals surface area contributed by atoms with Gasteiger partial charge >= 0.3 is 0 Å². The van der Waals surface area contributed by atoms with Gasteiger partial charge in [0.1, 0.15) is 10.6 Å². The van der Waals surface area contributed by atoms with E-state index in [4.69, 9.17) is 16.3 Å². The second-order valence-corrected chi connectivity index (χ2v) is 8.97. The third-order valence-corrected chi connectivity index (χ3v) is 6.44. The molecule has 1 fully saturated rings. The number of methoxy groups -OCH3 is 1. The number of carbonyl (C=O) groups is 1. The summed E-state index contributed by atoms with van der Waals surface area (Å²) in [5.74, 6) is 0.495. The Morgan fingerprint density at radius 3 is 2.39 bits per heavy atom. The lowest BCUT2D eigenvalue weighted by Crippen LogP contribution is -2.17. The molecule has 6 nitrogen and oxygen atoms in total. The van der Waals surface area contributed by atoms with Crippen molar-refractivity contribution >= 4 is 38.9 Å². The second kappa shape index (κ2) is 8.84. The summed E-state index contributed by atoms with van der Waals surface area (Å²) in [6, 6.07) is 10.9. The lowest BCUT2D eigenvalue weighted by molar-refractivity contribution is -0.117. The van der Waals surface area contributed by atoms with Crippen molar-refractivity contribution in [3.8, 4) is 5.75 Å². The van der Waals surface area contributed by atoms with Gasteiger partial charge in [0.15, 0.2) is 0 Å². The molecule has 2 aromatic rings. The van der Waals surface area contributed by atoms with Crippen LogP contribution in [0, 0.1) is 5.92 Å². The summed E-state index contributed by atoms with van der Waals surface area (Å²) >= 11 is 5.84. The minimum atomic E-state index is -3.92. The molecule has 28 heavy (non-hydrogen) atoms. The van der Waals surface area contributed by atoms with Gasteiger partial charge in [0.25, 0.3) is 10.0 Å². The Kier molecular flexibility index (Phi) is 6.46. The molecule has 0 radical (unpaired) electrons. The average molecular weight is 423 g/mol. The molecule has 1 aliphatic rings. The van der Waals surface area contributed by atoms with Crippen LogP contribution < -0.4 is 14.8 Å². The van der Waals surface area contributed by atoms with Gasteiger partial charge in [0, 0.05) is 22.8 Å². The van der Waals surface area contributed by atoms with Crippen molar-refractivity contribution < 1.29 is 17.9 Å². The average Bonchev–Trinajstić information content (AvgIpc) is 3.16. The number of anilines is 2. The zero-order chi connectivity index (χ0) is 20.1. The molecule has 0 aromatic heterocycles. The maximum atomic E-state index is 12.8. The molecule has 1 amide bonds. The van der Waals surface area contributed by atoms with Crippen molar-refractivity contribution in [3.05, 3.63) is 47.5 Å². The van der Waals surface area contributed by atoms with E-state index in [-0.39, 0.29) is 16.6 Å². The molecule has 0 heterocycles. The monoisotopic (exact) mass is 422 g/mol. The second-order valence-electron chi connectivity index (χ2n) is 6.88. The molecule has 1 aliphatic carbocycles. The molecule has 0 unspecified atom stereocenters. The number of carbonyl (C=O) groups excluding carboxylic acids is 1. The zero-order valence-electron chi connectivity index (χ0n) is 15.6. The first kappa shape index (κ1) is 20.5. The van der Waals surface area contributed by atoms with Crippen molar-refractivity contribution in [1.82, 2.24) is 0 Å². The lowest BCUT2D eigenvalue weighted by Gasteiger charge is -2.14. The van der Waals surface area contributed by atoms with E-state index in [0.29, 0.717) is 28.7 Å². The van der Waals surface area contributed by atoms with Crippen LogP contribution >= 0.6 is 11.6 Å². The molecule has 3 rings (SSSR count). The highest BCUT2D eigenvalue weighted by Crippen LogP contribution is 2.31. The molecule has 2 N–H and O–H groups in total. The Morgan fingerprint density at radius 2 is 1.75 bits per heavy atom. The number of hydrogen-bond acceptors (Lipinski definition) is 4. The summed E-state index contributed by atoms with van der Waals surface area (Å²) in [5.41, 5.74) is 0.794. The number of benzene rings is 2. The van der Waals surface area contributed by atoms with E-state index in [1.54, 1.807) is 30.3 Å². The van der Waals surface area contributed by atoms with E-state index in [9.17, 15) is 13.2 Å². The van der Waals surface area contributed by atoms with Crippen molar-refractivity contribution in [3.63, 3.8) is 0 Å². The molecule has 0 aliphatic heterocycles. The van der Waals surface area contributed by atoms with Crippen molar-refractivity contribution in [2.75, 3.05) is 17.1 Å². The van der Waals surface area contributed by atoms with Gasteiger partial charge in [0.05, 0.1) is 7.11 Å². The predicted molar refractivity (Wildman–Crippen MR) is 110 cm³/mol. The van der Waals surface area contributed by atoms with E-state index in [1.165, 1.54) is 32.1 Å². The van der Waals surface area contributed by atoms with Crippen LogP contribution in [0.25, 0.3) is 0 Å². The minimum Gasteiger partial charge on any atom is -0.495 e. The van der Waals surface area contributed by atoms with Gasteiger partial charge in [-0.3, -0.25) is 9.52 Å². The van der Waals surface area contributed by atoms with Gasteiger partial charge in [-0.25, -0.2) is 8.42 Å². The summed E-state index contributed by atoms with van der Waals surface area (Å²) < 4.78 is 33.4. The van der Waals surface area contributed by atoms with Gasteiger partial charge < -0.3 is 10.1 Å². The van der Waals surface area contributed by atoms with Gasteiger partial charge in [0.2, 0.25) is 5.91 Å². The molecule has 8 heteroatoms. The normalized spacial score (nSPS) is 14.6. The fourth-order valence-electron chi connectivity index (χ4n) is 3.38. The van der Waals surface area contributed by atoms with Gasteiger partial charge in [-0.15, -0.1) is 0 Å². The van der Waals surface area contributed by atoms with Crippen LogP contribution in [0.15, 0.2) is 47.4 Å². The number of rotatable bonds is 7. The van der Waals surface area contributed by atoms with E-state index in [2.05, 4.69) is 10.0 Å². The van der Waals surface area contributed by atoms with Crippen LogP contribution in [-0.4, -0.2) is 21.4 Å². The number of hydrogen-bond donors (Lipinski definition) is 2. The predicted octanol–water partition coefficient (Wildman–Crippen LogP) is 4.67. The SMILES string of the molecule is COc1ccc(NC(=O)CC2CCCC2)cc1S(=O)(=O)Nc1ccc(Cl)cc1. The molecule has 0 spiro atoms. The third-order valence-electron chi connectivity index (χ3n) is 4.78. The fraction of sp³-hybridized carbons (Fsp3) is 0.350. The first-order valence-electron chi connectivity index (χ1n) is 9.13. The van der Waals surface area contributed by atoms with Crippen LogP contribution in [0.5, 0.6) is 5.75 Å². The molecule has 0 atom stereocenters. The van der Waals surface area contributed by atoms with Crippen LogP contribution in [0.2, 0.25) is 5.02 Å². The molecular weight excluding hydrogens is 400 g/mol. The Hall–Kier alpha value is -2.25. The van der Waals surface area contributed by atoms with Crippen molar-refractivity contribution in [2.24, 2.45) is 5.92 Å². The number of halogens is 1. The Morgan fingerprint density at radius 1 is 1.11 bits per heavy atom. The lowest BCUT2D eigenvalue weighted by atomic mass is 10.0. The molecule has 150 valence electrons. The Balaban J connectivity index is 1.79. The summed E-state index contributed by atoms with van der Waals surface area (Å²) in [7, 11) is -2.52. The molecule has 1 saturated carbocycles. The van der Waals surface area contributed by atoms with Crippen LogP contribution in [-0.2, 0) is 14.8 Å².